The van der Waals surface area contributed by atoms with Gasteiger partial charge in [0.15, 0.2) is 0 Å². The molecule has 1 atom stereocenters. The van der Waals surface area contributed by atoms with E-state index in [1.165, 1.54) is 44.9 Å². The molecule has 0 saturated heterocycles. The smallest absolute Gasteiger partial charge is 0.306 e. The second-order valence-electron chi connectivity index (χ2n) is 7.44. The van der Waals surface area contributed by atoms with Gasteiger partial charge in [-0.05, 0) is 25.2 Å². The van der Waals surface area contributed by atoms with Crippen molar-refractivity contribution in [1.82, 2.24) is 0 Å². The summed E-state index contributed by atoms with van der Waals surface area (Å²) < 4.78 is 15.4. The number of carbonyl (C=O) groups excluding carboxylic acids is 2. The molecule has 0 bridgehead atoms. The summed E-state index contributed by atoms with van der Waals surface area (Å²) in [5.41, 5.74) is 0. The van der Waals surface area contributed by atoms with Gasteiger partial charge >= 0.3 is 11.9 Å². The van der Waals surface area contributed by atoms with Gasteiger partial charge in [-0.15, -0.1) is 0 Å². The maximum atomic E-state index is 11.6. The van der Waals surface area contributed by atoms with Crippen LogP contribution >= 0.6 is 0 Å². The van der Waals surface area contributed by atoms with Crippen LogP contribution < -0.4 is 0 Å². The molecular formula is C22H42O5. The van der Waals surface area contributed by atoms with E-state index in [2.05, 4.69) is 13.8 Å². The van der Waals surface area contributed by atoms with Crippen LogP contribution in [0.15, 0.2) is 0 Å². The lowest BCUT2D eigenvalue weighted by Crippen LogP contribution is -2.13. The largest absolute Gasteiger partial charge is 0.466 e. The minimum Gasteiger partial charge on any atom is -0.466 e. The Hall–Kier alpha value is -1.10. The quantitative estimate of drug-likeness (QED) is 0.218. The van der Waals surface area contributed by atoms with Crippen LogP contribution in [0.2, 0.25) is 0 Å². The first-order valence-corrected chi connectivity index (χ1v) is 10.9. The number of esters is 2. The summed E-state index contributed by atoms with van der Waals surface area (Å²) in [6.45, 7) is 5.92. The summed E-state index contributed by atoms with van der Waals surface area (Å²) in [6, 6.07) is 0. The monoisotopic (exact) mass is 386 g/mol. The van der Waals surface area contributed by atoms with E-state index in [1.54, 1.807) is 7.11 Å². The fourth-order valence-electron chi connectivity index (χ4n) is 2.78. The maximum absolute atomic E-state index is 11.6. The molecule has 27 heavy (non-hydrogen) atoms. The fraction of sp³-hybridized carbons (Fsp3) is 0.909. The first-order valence-electron chi connectivity index (χ1n) is 10.9. The Morgan fingerprint density at radius 3 is 1.74 bits per heavy atom. The normalized spacial score (nSPS) is 12.0. The molecule has 5 heteroatoms. The van der Waals surface area contributed by atoms with E-state index in [0.717, 1.165) is 32.3 Å². The van der Waals surface area contributed by atoms with Crippen LogP contribution in [0.5, 0.6) is 0 Å². The van der Waals surface area contributed by atoms with Gasteiger partial charge in [0.05, 0.1) is 26.1 Å². The van der Waals surface area contributed by atoms with Crippen molar-refractivity contribution in [1.29, 1.82) is 0 Å². The predicted molar refractivity (Wildman–Crippen MR) is 109 cm³/mol. The van der Waals surface area contributed by atoms with Gasteiger partial charge in [0, 0.05) is 13.7 Å². The minimum absolute atomic E-state index is 0.100. The van der Waals surface area contributed by atoms with Crippen LogP contribution in [0.1, 0.15) is 97.3 Å². The Balaban J connectivity index is 3.41. The van der Waals surface area contributed by atoms with E-state index in [-0.39, 0.29) is 24.8 Å². The fourth-order valence-corrected chi connectivity index (χ4v) is 2.78. The highest BCUT2D eigenvalue weighted by atomic mass is 16.5. The summed E-state index contributed by atoms with van der Waals surface area (Å²) >= 11 is 0. The molecule has 0 aliphatic heterocycles. The van der Waals surface area contributed by atoms with E-state index >= 15 is 0 Å². The van der Waals surface area contributed by atoms with Gasteiger partial charge < -0.3 is 14.2 Å². The summed E-state index contributed by atoms with van der Waals surface area (Å²) in [6.07, 6.45) is 13.1. The molecule has 0 heterocycles. The van der Waals surface area contributed by atoms with Crippen LogP contribution in [0.4, 0.5) is 0 Å². The second-order valence-corrected chi connectivity index (χ2v) is 7.44. The van der Waals surface area contributed by atoms with Crippen LogP contribution in [0.25, 0.3) is 0 Å². The number of carbonyl (C=O) groups is 2. The lowest BCUT2D eigenvalue weighted by Gasteiger charge is -2.11. The molecule has 0 rings (SSSR count). The van der Waals surface area contributed by atoms with Crippen LogP contribution in [-0.2, 0) is 23.8 Å². The molecule has 0 fully saturated rings. The molecule has 0 aliphatic rings. The number of rotatable bonds is 19. The molecule has 5 nitrogen and oxygen atoms in total. The van der Waals surface area contributed by atoms with E-state index in [4.69, 9.17) is 14.2 Å². The first kappa shape index (κ1) is 25.9. The number of ether oxygens (including phenoxy) is 3. The van der Waals surface area contributed by atoms with Crippen LogP contribution in [0.3, 0.4) is 0 Å². The SMILES string of the molecule is CCCCCCCCCCCOC(=O)CCC(=O)OCCC(C)CCOC. The highest BCUT2D eigenvalue weighted by Crippen LogP contribution is 2.10. The van der Waals surface area contributed by atoms with Crippen molar-refractivity contribution in [2.45, 2.75) is 97.3 Å². The third kappa shape index (κ3) is 19.5. The van der Waals surface area contributed by atoms with Crippen LogP contribution in [-0.4, -0.2) is 38.9 Å². The Labute approximate surface area is 166 Å². The van der Waals surface area contributed by atoms with Crippen molar-refractivity contribution in [3.05, 3.63) is 0 Å². The van der Waals surface area contributed by atoms with Gasteiger partial charge in [0.1, 0.15) is 0 Å². The molecule has 160 valence electrons. The van der Waals surface area contributed by atoms with Crippen molar-refractivity contribution in [3.8, 4) is 0 Å². The Bertz CT molecular complexity index is 357. The summed E-state index contributed by atoms with van der Waals surface area (Å²) in [4.78, 5) is 23.3. The first-order chi connectivity index (χ1) is 13.1. The van der Waals surface area contributed by atoms with Crippen molar-refractivity contribution in [2.75, 3.05) is 26.9 Å². The molecule has 0 saturated carbocycles. The van der Waals surface area contributed by atoms with Gasteiger partial charge in [-0.25, -0.2) is 0 Å². The van der Waals surface area contributed by atoms with Crippen molar-refractivity contribution < 1.29 is 23.8 Å². The van der Waals surface area contributed by atoms with E-state index in [9.17, 15) is 9.59 Å². The minimum atomic E-state index is -0.325. The van der Waals surface area contributed by atoms with E-state index in [1.807, 2.05) is 0 Å². The predicted octanol–water partition coefficient (Wildman–Crippen LogP) is 5.45. The zero-order valence-electron chi connectivity index (χ0n) is 17.9. The third-order valence-corrected chi connectivity index (χ3v) is 4.73. The molecule has 1 unspecified atom stereocenters. The highest BCUT2D eigenvalue weighted by Gasteiger charge is 2.10. The molecule has 0 aromatic rings. The van der Waals surface area contributed by atoms with E-state index in [0.29, 0.717) is 19.1 Å². The number of hydrogen-bond acceptors (Lipinski definition) is 5. The van der Waals surface area contributed by atoms with Crippen LogP contribution in [0, 0.1) is 5.92 Å². The Morgan fingerprint density at radius 1 is 0.704 bits per heavy atom. The van der Waals surface area contributed by atoms with Crippen molar-refractivity contribution in [2.24, 2.45) is 5.92 Å². The maximum Gasteiger partial charge on any atom is 0.306 e. The molecule has 0 aromatic heterocycles. The average Bonchev–Trinajstić information content (AvgIpc) is 2.66. The summed E-state index contributed by atoms with van der Waals surface area (Å²) in [5, 5.41) is 0. The Morgan fingerprint density at radius 2 is 1.19 bits per heavy atom. The third-order valence-electron chi connectivity index (χ3n) is 4.73. The highest BCUT2D eigenvalue weighted by molar-refractivity contribution is 5.77. The number of unbranched alkanes of at least 4 members (excludes halogenated alkanes) is 8. The molecule has 0 radical (unpaired) electrons. The molecule has 0 N–H and O–H groups in total. The van der Waals surface area contributed by atoms with Crippen molar-refractivity contribution >= 4 is 11.9 Å². The molecule has 0 aromatic carbocycles. The second kappa shape index (κ2) is 19.7. The van der Waals surface area contributed by atoms with Gasteiger partial charge in [0.25, 0.3) is 0 Å². The lowest BCUT2D eigenvalue weighted by molar-refractivity contribution is -0.150. The molecule has 0 spiro atoms. The van der Waals surface area contributed by atoms with E-state index < -0.39 is 0 Å². The standard InChI is InChI=1S/C22H42O5/c1-4-5-6-7-8-9-10-11-12-17-26-21(23)13-14-22(24)27-19-16-20(2)15-18-25-3/h20H,4-19H2,1-3H3. The van der Waals surface area contributed by atoms with Crippen molar-refractivity contribution in [3.63, 3.8) is 0 Å². The van der Waals surface area contributed by atoms with Gasteiger partial charge in [-0.1, -0.05) is 65.2 Å². The number of methoxy groups -OCH3 is 1. The zero-order chi connectivity index (χ0) is 20.2. The summed E-state index contributed by atoms with van der Waals surface area (Å²) in [7, 11) is 1.68. The topological polar surface area (TPSA) is 61.8 Å². The zero-order valence-corrected chi connectivity index (χ0v) is 17.9. The Kier molecular flexibility index (Phi) is 18.9. The molecular weight excluding hydrogens is 344 g/mol. The van der Waals surface area contributed by atoms with Gasteiger partial charge in [-0.2, -0.15) is 0 Å². The van der Waals surface area contributed by atoms with Gasteiger partial charge in [0.2, 0.25) is 0 Å². The number of hydrogen-bond donors (Lipinski definition) is 0. The summed E-state index contributed by atoms with van der Waals surface area (Å²) in [5.74, 6) is -0.173. The average molecular weight is 387 g/mol. The molecule has 0 aliphatic carbocycles. The van der Waals surface area contributed by atoms with Gasteiger partial charge in [-0.3, -0.25) is 9.59 Å². The lowest BCUT2D eigenvalue weighted by atomic mass is 10.1. The molecule has 0 amide bonds.